The predicted molar refractivity (Wildman–Crippen MR) is 144 cm³/mol. The Morgan fingerprint density at radius 3 is 1.06 bits per heavy atom. The van der Waals surface area contributed by atoms with Crippen molar-refractivity contribution in [2.45, 2.75) is 182 Å². The number of nitrogens with one attached hydrogen (secondary N) is 1. The van der Waals surface area contributed by atoms with Crippen molar-refractivity contribution in [3.63, 3.8) is 0 Å². The Labute approximate surface area is 202 Å². The molecule has 2 unspecified atom stereocenters. The fourth-order valence-corrected chi connectivity index (χ4v) is 4.17. The van der Waals surface area contributed by atoms with Gasteiger partial charge in [0.25, 0.3) is 0 Å². The third-order valence-electron chi connectivity index (χ3n) is 6.35. The van der Waals surface area contributed by atoms with E-state index in [9.17, 15) is 4.79 Å². The smallest absolute Gasteiger partial charge is 0.303 e. The van der Waals surface area contributed by atoms with Crippen molar-refractivity contribution in [2.24, 2.45) is 0 Å². The molecule has 0 saturated carbocycles. The van der Waals surface area contributed by atoms with Crippen LogP contribution in [0.2, 0.25) is 0 Å². The van der Waals surface area contributed by atoms with Crippen LogP contribution in [0.1, 0.15) is 169 Å². The summed E-state index contributed by atoms with van der Waals surface area (Å²) in [6.07, 6.45) is 28.8. The maximum absolute atomic E-state index is 9.37. The van der Waals surface area contributed by atoms with Crippen molar-refractivity contribution in [2.75, 3.05) is 0 Å². The van der Waals surface area contributed by atoms with Gasteiger partial charge in [-0.05, 0) is 26.7 Å². The van der Waals surface area contributed by atoms with Crippen LogP contribution in [0.15, 0.2) is 0 Å². The average molecular weight is 456 g/mol. The summed E-state index contributed by atoms with van der Waals surface area (Å²) in [7, 11) is 0. The van der Waals surface area contributed by atoms with Crippen LogP contribution >= 0.6 is 0 Å². The third kappa shape index (κ3) is 31.6. The molecule has 0 amide bonds. The Morgan fingerprint density at radius 2 is 0.812 bits per heavy atom. The topological polar surface area (TPSA) is 49.3 Å². The molecule has 194 valence electrons. The van der Waals surface area contributed by atoms with Gasteiger partial charge >= 0.3 is 5.97 Å². The highest BCUT2D eigenvalue weighted by Crippen LogP contribution is 2.13. The van der Waals surface area contributed by atoms with E-state index in [1.807, 2.05) is 0 Å². The van der Waals surface area contributed by atoms with Gasteiger partial charge in [0.1, 0.15) is 0 Å². The molecule has 2 N–H and O–H groups in total. The highest BCUT2D eigenvalue weighted by Gasteiger charge is 2.07. The van der Waals surface area contributed by atoms with Crippen molar-refractivity contribution in [1.82, 2.24) is 5.32 Å². The van der Waals surface area contributed by atoms with Gasteiger partial charge in [0.15, 0.2) is 0 Å². The molecule has 0 aromatic rings. The summed E-state index contributed by atoms with van der Waals surface area (Å²) in [5.41, 5.74) is 0. The minimum atomic E-state index is -0.745. The molecule has 0 aliphatic heterocycles. The molecule has 0 aromatic carbocycles. The van der Waals surface area contributed by atoms with Crippen LogP contribution in [0.4, 0.5) is 0 Å². The first-order valence-corrected chi connectivity index (χ1v) is 14.5. The Kier molecular flexibility index (Phi) is 29.9. The fourth-order valence-electron chi connectivity index (χ4n) is 4.17. The highest BCUT2D eigenvalue weighted by molar-refractivity contribution is 5.66. The normalized spacial score (nSPS) is 12.8. The van der Waals surface area contributed by atoms with E-state index in [0.717, 1.165) is 0 Å². The molecule has 0 heterocycles. The van der Waals surface area contributed by atoms with Crippen LogP contribution in [-0.4, -0.2) is 23.2 Å². The summed E-state index contributed by atoms with van der Waals surface area (Å²) in [5, 5.41) is 11.6. The monoisotopic (exact) mass is 455 g/mol. The Bertz CT molecular complexity index is 333. The van der Waals surface area contributed by atoms with Crippen molar-refractivity contribution in [3.05, 3.63) is 0 Å². The van der Waals surface area contributed by atoms with Gasteiger partial charge in [-0.2, -0.15) is 0 Å². The van der Waals surface area contributed by atoms with E-state index in [4.69, 9.17) is 5.11 Å². The molecule has 0 aliphatic carbocycles. The lowest BCUT2D eigenvalue weighted by molar-refractivity contribution is -0.136. The van der Waals surface area contributed by atoms with E-state index in [0.29, 0.717) is 12.1 Å². The summed E-state index contributed by atoms with van der Waals surface area (Å²) < 4.78 is 0. The molecule has 0 bridgehead atoms. The molecule has 0 spiro atoms. The number of carboxylic acid groups (broad SMARTS) is 1. The molecule has 0 aromatic heterocycles. The number of hydrogen-bond donors (Lipinski definition) is 2. The Morgan fingerprint density at radius 1 is 0.562 bits per heavy atom. The van der Waals surface area contributed by atoms with Gasteiger partial charge < -0.3 is 10.4 Å². The first kappa shape index (κ1) is 33.6. The molecule has 0 fully saturated rings. The second-order valence-corrected chi connectivity index (χ2v) is 9.95. The van der Waals surface area contributed by atoms with Crippen LogP contribution in [0, 0.1) is 0 Å². The minimum Gasteiger partial charge on any atom is -0.481 e. The minimum absolute atomic E-state index is 0.222. The first-order chi connectivity index (χ1) is 15.5. The van der Waals surface area contributed by atoms with Gasteiger partial charge in [-0.25, -0.2) is 0 Å². The Hall–Kier alpha value is -0.570. The van der Waals surface area contributed by atoms with E-state index < -0.39 is 5.97 Å². The number of carboxylic acids is 1. The quantitative estimate of drug-likeness (QED) is 0.151. The van der Waals surface area contributed by atoms with Gasteiger partial charge in [-0.3, -0.25) is 4.79 Å². The molecule has 0 rings (SSSR count). The summed E-state index contributed by atoms with van der Waals surface area (Å²) in [4.78, 5) is 9.37. The summed E-state index contributed by atoms with van der Waals surface area (Å²) in [6, 6.07) is 1.39. The maximum atomic E-state index is 9.37. The number of unbranched alkanes of at least 4 members (excludes halogenated alkanes) is 16. The van der Waals surface area contributed by atoms with E-state index >= 15 is 0 Å². The lowest BCUT2D eigenvalue weighted by Crippen LogP contribution is -2.34. The molecule has 3 heteroatoms. The van der Waals surface area contributed by atoms with Crippen LogP contribution < -0.4 is 5.32 Å². The molecule has 3 nitrogen and oxygen atoms in total. The van der Waals surface area contributed by atoms with E-state index in [1.165, 1.54) is 128 Å². The highest BCUT2D eigenvalue weighted by atomic mass is 16.4. The fraction of sp³-hybridized carbons (Fsp3) is 0.966. The lowest BCUT2D eigenvalue weighted by Gasteiger charge is -2.20. The van der Waals surface area contributed by atoms with E-state index in [2.05, 4.69) is 33.0 Å². The van der Waals surface area contributed by atoms with E-state index in [1.54, 1.807) is 6.92 Å². The zero-order chi connectivity index (χ0) is 24.3. The molecule has 0 radical (unpaired) electrons. The van der Waals surface area contributed by atoms with Crippen LogP contribution in [-0.2, 0) is 4.79 Å². The van der Waals surface area contributed by atoms with Crippen molar-refractivity contribution in [1.29, 1.82) is 0 Å². The maximum Gasteiger partial charge on any atom is 0.303 e. The number of aliphatic carboxylic acids is 1. The standard InChI is InChI=1S/C26H55N.C3H6O2/c1-5-7-9-11-13-15-17-19-21-23-25(3)27-26(4)24-22-20-18-16-14-12-10-8-6-2;1-2-3(4)5/h25-27H,5-24H2,1-4H3;2H2,1H3,(H,4,5). The van der Waals surface area contributed by atoms with Crippen LogP contribution in [0.5, 0.6) is 0 Å². The first-order valence-electron chi connectivity index (χ1n) is 14.5. The van der Waals surface area contributed by atoms with Crippen molar-refractivity contribution in [3.8, 4) is 0 Å². The van der Waals surface area contributed by atoms with Crippen molar-refractivity contribution < 1.29 is 9.90 Å². The largest absolute Gasteiger partial charge is 0.481 e. The molecule has 32 heavy (non-hydrogen) atoms. The second-order valence-electron chi connectivity index (χ2n) is 9.95. The average Bonchev–Trinajstić information content (AvgIpc) is 2.77. The van der Waals surface area contributed by atoms with Gasteiger partial charge in [0.05, 0.1) is 0 Å². The van der Waals surface area contributed by atoms with Crippen molar-refractivity contribution >= 4 is 5.97 Å². The molecular weight excluding hydrogens is 394 g/mol. The van der Waals surface area contributed by atoms with E-state index in [-0.39, 0.29) is 6.42 Å². The van der Waals surface area contributed by atoms with Gasteiger partial charge in [-0.15, -0.1) is 0 Å². The van der Waals surface area contributed by atoms with Gasteiger partial charge in [-0.1, -0.05) is 136 Å². The molecule has 2 atom stereocenters. The number of carbonyl (C=O) groups is 1. The molecule has 0 saturated heterocycles. The molecule has 0 aliphatic rings. The van der Waals surface area contributed by atoms with Crippen LogP contribution in [0.25, 0.3) is 0 Å². The van der Waals surface area contributed by atoms with Gasteiger partial charge in [0, 0.05) is 18.5 Å². The summed E-state index contributed by atoms with van der Waals surface area (Å²) in [5.74, 6) is -0.745. The Balaban J connectivity index is 0. The predicted octanol–water partition coefficient (Wildman–Crippen LogP) is 9.68. The zero-order valence-corrected chi connectivity index (χ0v) is 22.9. The van der Waals surface area contributed by atoms with Gasteiger partial charge in [0.2, 0.25) is 0 Å². The second kappa shape index (κ2) is 28.5. The number of hydrogen-bond acceptors (Lipinski definition) is 2. The zero-order valence-electron chi connectivity index (χ0n) is 22.9. The molecular formula is C29H61NO2. The van der Waals surface area contributed by atoms with Crippen LogP contribution in [0.3, 0.4) is 0 Å². The third-order valence-corrected chi connectivity index (χ3v) is 6.35. The summed E-state index contributed by atoms with van der Waals surface area (Å²) in [6.45, 7) is 11.0. The summed E-state index contributed by atoms with van der Waals surface area (Å²) >= 11 is 0. The number of rotatable bonds is 23. The lowest BCUT2D eigenvalue weighted by atomic mass is 10.0. The SMILES string of the molecule is CCC(=O)O.CCCCCCCCCCCC(C)NC(C)CCCCCCCCCCC.